The highest BCUT2D eigenvalue weighted by atomic mass is 32.2. The van der Waals surface area contributed by atoms with Crippen molar-refractivity contribution in [2.45, 2.75) is 11.8 Å². The number of methoxy groups -OCH3 is 1. The molecule has 5 heteroatoms. The molecule has 0 aliphatic carbocycles. The zero-order valence-electron chi connectivity index (χ0n) is 8.15. The first-order valence-corrected chi connectivity index (χ1v) is 5.82. The van der Waals surface area contributed by atoms with Crippen molar-refractivity contribution < 1.29 is 13.2 Å². The third-order valence-electron chi connectivity index (χ3n) is 1.94. The van der Waals surface area contributed by atoms with Crippen molar-refractivity contribution in [3.05, 3.63) is 18.2 Å². The number of sulfone groups is 1. The van der Waals surface area contributed by atoms with Crippen LogP contribution >= 0.6 is 0 Å². The number of hydrogen-bond donors (Lipinski definition) is 1. The number of anilines is 1. The topological polar surface area (TPSA) is 69.4 Å². The Balaban J connectivity index is 3.33. The standard InChI is InChI=1S/C9H13NO3S/c1-3-14(11,12)9-6-7(13-2)4-5-8(9)10/h4-6H,3,10H2,1-2H3. The summed E-state index contributed by atoms with van der Waals surface area (Å²) >= 11 is 0. The van der Waals surface area contributed by atoms with Gasteiger partial charge in [0.2, 0.25) is 0 Å². The molecule has 2 N–H and O–H groups in total. The molecule has 1 aromatic carbocycles. The zero-order valence-corrected chi connectivity index (χ0v) is 8.97. The molecule has 78 valence electrons. The monoisotopic (exact) mass is 215 g/mol. The van der Waals surface area contributed by atoms with E-state index in [0.717, 1.165) is 0 Å². The van der Waals surface area contributed by atoms with Crippen LogP contribution in [0.15, 0.2) is 23.1 Å². The van der Waals surface area contributed by atoms with Gasteiger partial charge in [-0.2, -0.15) is 0 Å². The van der Waals surface area contributed by atoms with Gasteiger partial charge in [-0.3, -0.25) is 0 Å². The lowest BCUT2D eigenvalue weighted by Gasteiger charge is -2.07. The van der Waals surface area contributed by atoms with Crippen LogP contribution < -0.4 is 10.5 Å². The van der Waals surface area contributed by atoms with E-state index >= 15 is 0 Å². The van der Waals surface area contributed by atoms with Crippen molar-refractivity contribution in [3.8, 4) is 5.75 Å². The molecule has 0 atom stereocenters. The van der Waals surface area contributed by atoms with E-state index in [4.69, 9.17) is 10.5 Å². The predicted molar refractivity (Wildman–Crippen MR) is 55.1 cm³/mol. The average molecular weight is 215 g/mol. The van der Waals surface area contributed by atoms with Gasteiger partial charge in [0.25, 0.3) is 0 Å². The Morgan fingerprint density at radius 3 is 2.57 bits per heavy atom. The molecule has 0 saturated carbocycles. The van der Waals surface area contributed by atoms with Crippen molar-refractivity contribution in [1.29, 1.82) is 0 Å². The lowest BCUT2D eigenvalue weighted by atomic mass is 10.3. The fourth-order valence-electron chi connectivity index (χ4n) is 1.07. The molecule has 0 heterocycles. The Morgan fingerprint density at radius 2 is 2.07 bits per heavy atom. The number of benzene rings is 1. The van der Waals surface area contributed by atoms with E-state index in [0.29, 0.717) is 5.75 Å². The highest BCUT2D eigenvalue weighted by Gasteiger charge is 2.15. The molecule has 0 saturated heterocycles. The number of ether oxygens (including phenoxy) is 1. The highest BCUT2D eigenvalue weighted by molar-refractivity contribution is 7.91. The second kappa shape index (κ2) is 3.88. The van der Waals surface area contributed by atoms with Gasteiger partial charge in [0.05, 0.1) is 23.4 Å². The summed E-state index contributed by atoms with van der Waals surface area (Å²) in [6.45, 7) is 1.58. The molecule has 1 rings (SSSR count). The smallest absolute Gasteiger partial charge is 0.180 e. The van der Waals surface area contributed by atoms with Gasteiger partial charge in [0.15, 0.2) is 9.84 Å². The first kappa shape index (κ1) is 10.8. The van der Waals surface area contributed by atoms with Gasteiger partial charge in [-0.25, -0.2) is 8.42 Å². The summed E-state index contributed by atoms with van der Waals surface area (Å²) in [6, 6.07) is 4.60. The number of nitrogens with two attached hydrogens (primary N) is 1. The maximum absolute atomic E-state index is 11.6. The maximum atomic E-state index is 11.6. The van der Waals surface area contributed by atoms with Crippen LogP contribution in [0.5, 0.6) is 5.75 Å². The van der Waals surface area contributed by atoms with E-state index < -0.39 is 9.84 Å². The molecular formula is C9H13NO3S. The normalized spacial score (nSPS) is 11.3. The molecule has 0 amide bonds. The maximum Gasteiger partial charge on any atom is 0.180 e. The Morgan fingerprint density at radius 1 is 1.43 bits per heavy atom. The Kier molecular flexibility index (Phi) is 3.00. The molecule has 0 radical (unpaired) electrons. The SMILES string of the molecule is CCS(=O)(=O)c1cc(OC)ccc1N. The highest BCUT2D eigenvalue weighted by Crippen LogP contribution is 2.24. The van der Waals surface area contributed by atoms with Crippen molar-refractivity contribution in [1.82, 2.24) is 0 Å². The quantitative estimate of drug-likeness (QED) is 0.766. The molecule has 0 aromatic heterocycles. The van der Waals surface area contributed by atoms with Gasteiger partial charge in [-0.05, 0) is 12.1 Å². The summed E-state index contributed by atoms with van der Waals surface area (Å²) in [7, 11) is -1.79. The molecule has 4 nitrogen and oxygen atoms in total. The summed E-state index contributed by atoms with van der Waals surface area (Å²) in [5.74, 6) is 0.524. The third-order valence-corrected chi connectivity index (χ3v) is 3.72. The fourth-order valence-corrected chi connectivity index (χ4v) is 2.10. The van der Waals surface area contributed by atoms with Gasteiger partial charge in [0, 0.05) is 6.07 Å². The predicted octanol–water partition coefficient (Wildman–Crippen LogP) is 1.07. The van der Waals surface area contributed by atoms with E-state index in [1.807, 2.05) is 0 Å². The summed E-state index contributed by atoms with van der Waals surface area (Å²) in [6.07, 6.45) is 0. The minimum Gasteiger partial charge on any atom is -0.497 e. The van der Waals surface area contributed by atoms with Gasteiger partial charge in [-0.1, -0.05) is 6.92 Å². The van der Waals surface area contributed by atoms with E-state index in [-0.39, 0.29) is 16.3 Å². The lowest BCUT2D eigenvalue weighted by Crippen LogP contribution is -2.07. The third kappa shape index (κ3) is 1.98. The van der Waals surface area contributed by atoms with Gasteiger partial charge < -0.3 is 10.5 Å². The Bertz CT molecular complexity index is 426. The summed E-state index contributed by atoms with van der Waals surface area (Å²) < 4.78 is 28.0. The van der Waals surface area contributed by atoms with Crippen molar-refractivity contribution in [3.63, 3.8) is 0 Å². The summed E-state index contributed by atoms with van der Waals surface area (Å²) in [5.41, 5.74) is 5.83. The lowest BCUT2D eigenvalue weighted by molar-refractivity contribution is 0.413. The molecule has 1 aromatic rings. The molecule has 0 aliphatic heterocycles. The molecule has 14 heavy (non-hydrogen) atoms. The number of rotatable bonds is 3. The van der Waals surface area contributed by atoms with Gasteiger partial charge in [0.1, 0.15) is 5.75 Å². The van der Waals surface area contributed by atoms with Crippen LogP contribution in [0.4, 0.5) is 5.69 Å². The summed E-state index contributed by atoms with van der Waals surface area (Å²) in [5, 5.41) is 0. The van der Waals surface area contributed by atoms with Crippen LogP contribution in [-0.4, -0.2) is 21.3 Å². The first-order valence-electron chi connectivity index (χ1n) is 4.17. The van der Waals surface area contributed by atoms with Crippen LogP contribution in [0.2, 0.25) is 0 Å². The number of nitrogen functional groups attached to an aromatic ring is 1. The van der Waals surface area contributed by atoms with Crippen LogP contribution in [-0.2, 0) is 9.84 Å². The van der Waals surface area contributed by atoms with Crippen LogP contribution in [0.3, 0.4) is 0 Å². The molecule has 0 aliphatic rings. The fraction of sp³-hybridized carbons (Fsp3) is 0.333. The molecule has 0 fully saturated rings. The summed E-state index contributed by atoms with van der Waals surface area (Å²) in [4.78, 5) is 0.138. The van der Waals surface area contributed by atoms with Crippen molar-refractivity contribution in [2.75, 3.05) is 18.6 Å². The van der Waals surface area contributed by atoms with Gasteiger partial charge in [-0.15, -0.1) is 0 Å². The molecule has 0 bridgehead atoms. The number of hydrogen-bond acceptors (Lipinski definition) is 4. The van der Waals surface area contributed by atoms with Crippen LogP contribution in [0.25, 0.3) is 0 Å². The van der Waals surface area contributed by atoms with Crippen molar-refractivity contribution in [2.24, 2.45) is 0 Å². The van der Waals surface area contributed by atoms with Crippen molar-refractivity contribution >= 4 is 15.5 Å². The zero-order chi connectivity index (χ0) is 10.8. The van der Waals surface area contributed by atoms with Gasteiger partial charge >= 0.3 is 0 Å². The average Bonchev–Trinajstić information content (AvgIpc) is 2.18. The van der Waals surface area contributed by atoms with E-state index in [1.165, 1.54) is 19.2 Å². The minimum absolute atomic E-state index is 0.0321. The minimum atomic E-state index is -3.27. The van der Waals surface area contributed by atoms with E-state index in [1.54, 1.807) is 13.0 Å². The van der Waals surface area contributed by atoms with Crippen LogP contribution in [0.1, 0.15) is 6.92 Å². The van der Waals surface area contributed by atoms with Crippen LogP contribution in [0, 0.1) is 0 Å². The Hall–Kier alpha value is -1.23. The van der Waals surface area contributed by atoms with E-state index in [2.05, 4.69) is 0 Å². The molecule has 0 spiro atoms. The Labute approximate surface area is 83.6 Å². The molecular weight excluding hydrogens is 202 g/mol. The second-order valence-corrected chi connectivity index (χ2v) is 5.05. The second-order valence-electron chi connectivity index (χ2n) is 2.81. The largest absolute Gasteiger partial charge is 0.497 e. The first-order chi connectivity index (χ1) is 6.51. The molecule has 0 unspecified atom stereocenters. The van der Waals surface area contributed by atoms with E-state index in [9.17, 15) is 8.42 Å².